The van der Waals surface area contributed by atoms with Crippen molar-refractivity contribution >= 4 is 23.3 Å². The summed E-state index contributed by atoms with van der Waals surface area (Å²) in [5.41, 5.74) is -0.274. The lowest BCUT2D eigenvalue weighted by molar-refractivity contribution is -0.132. The van der Waals surface area contributed by atoms with E-state index < -0.39 is 0 Å². The van der Waals surface area contributed by atoms with Gasteiger partial charge in [-0.15, -0.1) is 0 Å². The molecule has 0 radical (unpaired) electrons. The zero-order valence-electron chi connectivity index (χ0n) is 17.2. The molecule has 4 aliphatic rings. The van der Waals surface area contributed by atoms with Crippen LogP contribution in [0.1, 0.15) is 67.2 Å². The first kappa shape index (κ1) is 18.9. The largest absolute Gasteiger partial charge is 0.299 e. The third kappa shape index (κ3) is 2.00. The number of Topliss-reactive ketones (excluding diaryl/α,β-unsaturated/α-hetero) is 2. The minimum Gasteiger partial charge on any atom is -0.299 e. The first-order valence-electron chi connectivity index (χ1n) is 10.4. The zero-order valence-corrected chi connectivity index (χ0v) is 17.9. The summed E-state index contributed by atoms with van der Waals surface area (Å²) in [7, 11) is 0. The third-order valence-electron chi connectivity index (χ3n) is 10.1. The van der Waals surface area contributed by atoms with E-state index in [1.54, 1.807) is 4.42 Å². The average molecular weight is 380 g/mol. The first-order valence-corrected chi connectivity index (χ1v) is 10.7. The van der Waals surface area contributed by atoms with Gasteiger partial charge in [0, 0.05) is 35.8 Å². The molecule has 4 rings (SSSR count). The van der Waals surface area contributed by atoms with Crippen molar-refractivity contribution in [1.29, 1.82) is 0 Å². The quantitative estimate of drug-likeness (QED) is 0.663. The van der Waals surface area contributed by atoms with Crippen LogP contribution in [-0.4, -0.2) is 29.1 Å². The predicted molar refractivity (Wildman–Crippen MR) is 104 cm³/mol. The summed E-state index contributed by atoms with van der Waals surface area (Å²) in [6.45, 7) is 14.5. The third-order valence-corrected chi connectivity index (χ3v) is 10.4. The molecule has 4 bridgehead atoms. The van der Waals surface area contributed by atoms with Gasteiger partial charge in [-0.3, -0.25) is 9.59 Å². The molecule has 6 atom stereocenters. The van der Waals surface area contributed by atoms with Crippen molar-refractivity contribution in [2.75, 3.05) is 13.1 Å². The summed E-state index contributed by atoms with van der Waals surface area (Å²) in [5.74, 6) is 1.70. The Kier molecular flexibility index (Phi) is 3.89. The van der Waals surface area contributed by atoms with E-state index in [0.29, 0.717) is 36.5 Å². The van der Waals surface area contributed by atoms with Crippen molar-refractivity contribution in [2.45, 2.75) is 67.2 Å². The van der Waals surface area contributed by atoms with Crippen LogP contribution in [0.5, 0.6) is 0 Å². The van der Waals surface area contributed by atoms with Crippen LogP contribution in [0, 0.1) is 45.3 Å². The van der Waals surface area contributed by atoms with Crippen LogP contribution in [0.3, 0.4) is 0 Å². The Morgan fingerprint density at radius 3 is 1.42 bits per heavy atom. The Balaban J connectivity index is 1.47. The molecule has 0 aliphatic heterocycles. The fraction of sp³-hybridized carbons (Fsp3) is 0.909. The average Bonchev–Trinajstić information content (AvgIpc) is 3.02. The Morgan fingerprint density at radius 2 is 1.15 bits per heavy atom. The number of carbonyl (C=O) groups excluding carboxylic acids is 2. The number of hydrogen-bond donors (Lipinski definition) is 0. The van der Waals surface area contributed by atoms with Crippen LogP contribution in [0.4, 0.5) is 0 Å². The summed E-state index contributed by atoms with van der Waals surface area (Å²) < 4.78 is 1.78. The molecule has 26 heavy (non-hydrogen) atoms. The van der Waals surface area contributed by atoms with Gasteiger partial charge in [-0.05, 0) is 60.1 Å². The van der Waals surface area contributed by atoms with Gasteiger partial charge in [-0.1, -0.05) is 41.5 Å². The molecule has 0 heterocycles. The monoisotopic (exact) mass is 379 g/mol. The van der Waals surface area contributed by atoms with Gasteiger partial charge < -0.3 is 0 Å². The molecule has 0 amide bonds. The minimum absolute atomic E-state index is 0.0264. The SMILES string of the molecule is CC1(C)[C@@H]2CC[C@@]1(C)C(=O)[C@@H]2CN(Cl)C[C@H]1C(=O)[C@]2(C)CC[C@@H]1C2(C)C. The van der Waals surface area contributed by atoms with E-state index in [4.69, 9.17) is 11.8 Å². The molecule has 4 saturated carbocycles. The van der Waals surface area contributed by atoms with E-state index in [0.717, 1.165) is 25.7 Å². The number of halogens is 1. The maximum Gasteiger partial charge on any atom is 0.143 e. The molecule has 0 aromatic rings. The van der Waals surface area contributed by atoms with Crippen molar-refractivity contribution < 1.29 is 9.59 Å². The van der Waals surface area contributed by atoms with Gasteiger partial charge in [0.2, 0.25) is 0 Å². The molecule has 0 spiro atoms. The van der Waals surface area contributed by atoms with Gasteiger partial charge in [-0.2, -0.15) is 0 Å². The van der Waals surface area contributed by atoms with Crippen molar-refractivity contribution in [2.24, 2.45) is 45.3 Å². The number of ketones is 2. The number of fused-ring (bicyclic) bond motifs is 4. The maximum atomic E-state index is 13.1. The zero-order chi connectivity index (χ0) is 19.3. The summed E-state index contributed by atoms with van der Waals surface area (Å²) >= 11 is 6.65. The molecule has 0 N–H and O–H groups in total. The summed E-state index contributed by atoms with van der Waals surface area (Å²) in [5, 5.41) is 0. The van der Waals surface area contributed by atoms with Crippen LogP contribution in [0.25, 0.3) is 0 Å². The van der Waals surface area contributed by atoms with Crippen LogP contribution in [-0.2, 0) is 9.59 Å². The van der Waals surface area contributed by atoms with Crippen LogP contribution in [0.2, 0.25) is 0 Å². The fourth-order valence-electron chi connectivity index (χ4n) is 7.47. The highest BCUT2D eigenvalue weighted by atomic mass is 35.5. The Morgan fingerprint density at radius 1 is 0.808 bits per heavy atom. The Hall–Kier alpha value is -0.410. The maximum absolute atomic E-state index is 13.1. The first-order chi connectivity index (χ1) is 11.9. The van der Waals surface area contributed by atoms with Crippen LogP contribution < -0.4 is 0 Å². The van der Waals surface area contributed by atoms with Gasteiger partial charge in [-0.25, -0.2) is 4.42 Å². The highest BCUT2D eigenvalue weighted by Crippen LogP contribution is 2.67. The normalized spacial score (nSPS) is 48.2. The molecular weight excluding hydrogens is 346 g/mol. The molecule has 146 valence electrons. The van der Waals surface area contributed by atoms with E-state index >= 15 is 0 Å². The molecule has 0 saturated heterocycles. The number of carbonyl (C=O) groups is 2. The van der Waals surface area contributed by atoms with Gasteiger partial charge in [0.05, 0.1) is 0 Å². The lowest BCUT2D eigenvalue weighted by Gasteiger charge is -2.32. The van der Waals surface area contributed by atoms with Crippen molar-refractivity contribution in [3.8, 4) is 0 Å². The van der Waals surface area contributed by atoms with Gasteiger partial charge in [0.25, 0.3) is 0 Å². The second kappa shape index (κ2) is 5.35. The standard InChI is InChI=1S/C22H34ClNO2/c1-19(2)15-7-9-21(19,5)17(25)13(15)11-24(23)12-14-16-8-10-22(6,18(14)26)20(16,3)4/h13-16H,7-12H2,1-6H3/t13-,14-,15-,16+,21+,22+/m1/s1. The highest BCUT2D eigenvalue weighted by Gasteiger charge is 2.67. The van der Waals surface area contributed by atoms with E-state index in [2.05, 4.69) is 41.5 Å². The van der Waals surface area contributed by atoms with E-state index in [9.17, 15) is 9.59 Å². The molecule has 0 unspecified atom stereocenters. The lowest BCUT2D eigenvalue weighted by atomic mass is 9.70. The van der Waals surface area contributed by atoms with E-state index in [1.165, 1.54) is 0 Å². The molecule has 4 aliphatic carbocycles. The number of hydrogen-bond acceptors (Lipinski definition) is 3. The highest BCUT2D eigenvalue weighted by molar-refractivity contribution is 6.13. The fourth-order valence-corrected chi connectivity index (χ4v) is 7.77. The summed E-state index contributed by atoms with van der Waals surface area (Å²) in [6.07, 6.45) is 4.28. The number of nitrogens with zero attached hydrogens (tertiary/aromatic N) is 1. The Bertz CT molecular complexity index is 615. The van der Waals surface area contributed by atoms with Crippen molar-refractivity contribution in [1.82, 2.24) is 4.42 Å². The van der Waals surface area contributed by atoms with E-state index in [1.807, 2.05) is 0 Å². The Labute approximate surface area is 163 Å². The second-order valence-corrected chi connectivity index (χ2v) is 11.6. The van der Waals surface area contributed by atoms with E-state index in [-0.39, 0.29) is 33.5 Å². The lowest BCUT2D eigenvalue weighted by Crippen LogP contribution is -2.39. The molecule has 4 heteroatoms. The van der Waals surface area contributed by atoms with Crippen molar-refractivity contribution in [3.05, 3.63) is 0 Å². The summed E-state index contributed by atoms with van der Waals surface area (Å²) in [6, 6.07) is 0. The molecule has 4 fully saturated rings. The smallest absolute Gasteiger partial charge is 0.143 e. The molecule has 3 nitrogen and oxygen atoms in total. The topological polar surface area (TPSA) is 37.4 Å². The van der Waals surface area contributed by atoms with Crippen molar-refractivity contribution in [3.63, 3.8) is 0 Å². The second-order valence-electron chi connectivity index (χ2n) is 11.2. The number of rotatable bonds is 4. The summed E-state index contributed by atoms with van der Waals surface area (Å²) in [4.78, 5) is 26.1. The predicted octanol–water partition coefficient (Wildman–Crippen LogP) is 4.73. The van der Waals surface area contributed by atoms with Gasteiger partial charge in [0.15, 0.2) is 0 Å². The molecule has 0 aromatic heterocycles. The molecular formula is C22H34ClNO2. The van der Waals surface area contributed by atoms with Crippen LogP contribution >= 0.6 is 11.8 Å². The molecule has 0 aromatic carbocycles. The minimum atomic E-state index is -0.197. The van der Waals surface area contributed by atoms with Crippen LogP contribution in [0.15, 0.2) is 0 Å². The van der Waals surface area contributed by atoms with Gasteiger partial charge in [0.1, 0.15) is 11.6 Å². The van der Waals surface area contributed by atoms with Gasteiger partial charge >= 0.3 is 0 Å².